The molecule has 142 valence electrons. The molecule has 1 aromatic carbocycles. The van der Waals surface area contributed by atoms with E-state index in [9.17, 15) is 10.1 Å². The average Bonchev–Trinajstić information content (AvgIpc) is 3.22. The van der Waals surface area contributed by atoms with E-state index in [1.165, 1.54) is 0 Å². The van der Waals surface area contributed by atoms with Gasteiger partial charge in [0.25, 0.3) is 5.91 Å². The number of hydrogen-bond donors (Lipinski definition) is 1. The van der Waals surface area contributed by atoms with E-state index >= 15 is 0 Å². The van der Waals surface area contributed by atoms with Crippen molar-refractivity contribution in [2.75, 3.05) is 6.54 Å². The number of carbonyl (C=O) groups is 1. The minimum Gasteiger partial charge on any atom is -0.360 e. The van der Waals surface area contributed by atoms with Gasteiger partial charge in [-0.05, 0) is 50.5 Å². The lowest BCUT2D eigenvalue weighted by atomic mass is 10.1. The van der Waals surface area contributed by atoms with Gasteiger partial charge in [-0.1, -0.05) is 35.5 Å². The normalized spacial score (nSPS) is 11.3. The molecule has 0 unspecified atom stereocenters. The number of aryl methyl sites for hydroxylation is 2. The van der Waals surface area contributed by atoms with Crippen molar-refractivity contribution in [1.82, 2.24) is 15.0 Å². The van der Waals surface area contributed by atoms with Crippen LogP contribution in [0.1, 0.15) is 28.3 Å². The molecule has 0 radical (unpaired) electrons. The molecule has 0 fully saturated rings. The monoisotopic (exact) mass is 374 g/mol. The van der Waals surface area contributed by atoms with Crippen LogP contribution in [-0.2, 0) is 11.2 Å². The van der Waals surface area contributed by atoms with Crippen LogP contribution in [0.2, 0.25) is 0 Å². The van der Waals surface area contributed by atoms with Crippen LogP contribution in [0.25, 0.3) is 11.9 Å². The van der Waals surface area contributed by atoms with E-state index in [2.05, 4.69) is 10.5 Å². The average molecular weight is 374 g/mol. The highest BCUT2D eigenvalue weighted by molar-refractivity contribution is 6.01. The molecule has 0 aliphatic rings. The van der Waals surface area contributed by atoms with Crippen molar-refractivity contribution in [1.29, 1.82) is 5.26 Å². The molecule has 1 N–H and O–H groups in total. The standard InChI is InChI=1S/C22H22N4O2/c1-15-11-19(17(3)26(15)21-12-16(2)28-25-21)13-20(14-23)22(27)24-10-9-18-7-5-4-6-8-18/h4-8,11-13H,9-10H2,1-3H3,(H,24,27)/b20-13+. The van der Waals surface area contributed by atoms with Gasteiger partial charge < -0.3 is 9.84 Å². The Morgan fingerprint density at radius 2 is 2.00 bits per heavy atom. The van der Waals surface area contributed by atoms with Crippen LogP contribution < -0.4 is 5.32 Å². The summed E-state index contributed by atoms with van der Waals surface area (Å²) >= 11 is 0. The van der Waals surface area contributed by atoms with E-state index in [0.717, 1.165) is 28.3 Å². The van der Waals surface area contributed by atoms with Crippen LogP contribution >= 0.6 is 0 Å². The molecule has 0 saturated heterocycles. The molecule has 3 aromatic rings. The molecular weight excluding hydrogens is 352 g/mol. The summed E-state index contributed by atoms with van der Waals surface area (Å²) < 4.78 is 7.09. The molecule has 0 spiro atoms. The fraction of sp³-hybridized carbons (Fsp3) is 0.227. The molecule has 0 aliphatic carbocycles. The van der Waals surface area contributed by atoms with Gasteiger partial charge in [0.1, 0.15) is 17.4 Å². The Balaban J connectivity index is 1.75. The third-order valence-corrected chi connectivity index (χ3v) is 4.52. The Morgan fingerprint density at radius 3 is 2.64 bits per heavy atom. The summed E-state index contributed by atoms with van der Waals surface area (Å²) in [6.45, 7) is 6.17. The molecule has 28 heavy (non-hydrogen) atoms. The third-order valence-electron chi connectivity index (χ3n) is 4.52. The highest BCUT2D eigenvalue weighted by Gasteiger charge is 2.15. The van der Waals surface area contributed by atoms with Gasteiger partial charge in [-0.15, -0.1) is 0 Å². The maximum absolute atomic E-state index is 12.4. The summed E-state index contributed by atoms with van der Waals surface area (Å²) in [6.07, 6.45) is 2.33. The number of rotatable bonds is 6. The van der Waals surface area contributed by atoms with Crippen molar-refractivity contribution < 1.29 is 9.32 Å². The van der Waals surface area contributed by atoms with Gasteiger partial charge in [-0.2, -0.15) is 5.26 Å². The van der Waals surface area contributed by atoms with Crippen molar-refractivity contribution in [3.63, 3.8) is 0 Å². The van der Waals surface area contributed by atoms with Crippen LogP contribution in [-0.4, -0.2) is 22.2 Å². The Hall–Kier alpha value is -3.59. The number of benzene rings is 1. The number of carbonyl (C=O) groups excluding carboxylic acids is 1. The van der Waals surface area contributed by atoms with Crippen molar-refractivity contribution in [2.45, 2.75) is 27.2 Å². The van der Waals surface area contributed by atoms with Crippen LogP contribution in [0.3, 0.4) is 0 Å². The number of nitriles is 1. The first-order valence-electron chi connectivity index (χ1n) is 9.06. The molecule has 2 aromatic heterocycles. The predicted molar refractivity (Wildman–Crippen MR) is 107 cm³/mol. The summed E-state index contributed by atoms with van der Waals surface area (Å²) in [5.41, 5.74) is 3.84. The molecule has 0 bridgehead atoms. The summed E-state index contributed by atoms with van der Waals surface area (Å²) in [4.78, 5) is 12.4. The molecule has 0 aliphatic heterocycles. The molecule has 3 rings (SSSR count). The Bertz CT molecular complexity index is 1050. The predicted octanol–water partition coefficient (Wildman–Crippen LogP) is 3.66. The molecule has 1 amide bonds. The van der Waals surface area contributed by atoms with E-state index in [-0.39, 0.29) is 11.5 Å². The van der Waals surface area contributed by atoms with Crippen molar-refractivity contribution in [3.05, 3.63) is 76.3 Å². The van der Waals surface area contributed by atoms with E-state index < -0.39 is 0 Å². The van der Waals surface area contributed by atoms with Crippen molar-refractivity contribution in [2.24, 2.45) is 0 Å². The number of hydrogen-bond acceptors (Lipinski definition) is 4. The van der Waals surface area contributed by atoms with Gasteiger partial charge in [0.15, 0.2) is 5.82 Å². The highest BCUT2D eigenvalue weighted by atomic mass is 16.5. The maximum Gasteiger partial charge on any atom is 0.261 e. The Morgan fingerprint density at radius 1 is 1.25 bits per heavy atom. The van der Waals surface area contributed by atoms with Gasteiger partial charge in [0.2, 0.25) is 0 Å². The van der Waals surface area contributed by atoms with Gasteiger partial charge in [0.05, 0.1) is 0 Å². The molecule has 2 heterocycles. The van der Waals surface area contributed by atoms with Crippen molar-refractivity contribution in [3.8, 4) is 11.9 Å². The van der Waals surface area contributed by atoms with Crippen LogP contribution in [0, 0.1) is 32.1 Å². The second-order valence-corrected chi connectivity index (χ2v) is 6.62. The van der Waals surface area contributed by atoms with Crippen molar-refractivity contribution >= 4 is 12.0 Å². The first-order chi connectivity index (χ1) is 13.5. The Labute approximate surface area is 164 Å². The van der Waals surface area contributed by atoms with Gasteiger partial charge in [-0.3, -0.25) is 9.36 Å². The molecule has 0 saturated carbocycles. The minimum absolute atomic E-state index is 0.0737. The lowest BCUT2D eigenvalue weighted by molar-refractivity contribution is -0.117. The lowest BCUT2D eigenvalue weighted by Gasteiger charge is -2.05. The fourth-order valence-electron chi connectivity index (χ4n) is 3.11. The second-order valence-electron chi connectivity index (χ2n) is 6.62. The summed E-state index contributed by atoms with van der Waals surface area (Å²) in [6, 6.07) is 15.7. The highest BCUT2D eigenvalue weighted by Crippen LogP contribution is 2.22. The lowest BCUT2D eigenvalue weighted by Crippen LogP contribution is -2.26. The van der Waals surface area contributed by atoms with Gasteiger partial charge in [0, 0.05) is 24.0 Å². The van der Waals surface area contributed by atoms with E-state index in [1.807, 2.05) is 73.9 Å². The Kier molecular flexibility index (Phi) is 5.75. The molecule has 0 atom stereocenters. The maximum atomic E-state index is 12.4. The van der Waals surface area contributed by atoms with Gasteiger partial charge >= 0.3 is 0 Å². The third kappa shape index (κ3) is 4.21. The molecular formula is C22H22N4O2. The smallest absolute Gasteiger partial charge is 0.261 e. The van der Waals surface area contributed by atoms with Crippen LogP contribution in [0.15, 0.2) is 52.6 Å². The molecule has 6 nitrogen and oxygen atoms in total. The number of nitrogens with zero attached hydrogens (tertiary/aromatic N) is 3. The second kappa shape index (κ2) is 8.40. The first kappa shape index (κ1) is 19.2. The zero-order valence-corrected chi connectivity index (χ0v) is 16.2. The summed E-state index contributed by atoms with van der Waals surface area (Å²) in [7, 11) is 0. The topological polar surface area (TPSA) is 83.9 Å². The first-order valence-corrected chi connectivity index (χ1v) is 9.06. The zero-order valence-electron chi connectivity index (χ0n) is 16.2. The number of amides is 1. The minimum atomic E-state index is -0.375. The van der Waals surface area contributed by atoms with E-state index in [4.69, 9.17) is 4.52 Å². The van der Waals surface area contributed by atoms with E-state index in [1.54, 1.807) is 6.08 Å². The summed E-state index contributed by atoms with van der Waals surface area (Å²) in [5.74, 6) is 1.02. The number of aromatic nitrogens is 2. The SMILES string of the molecule is Cc1cc(-n2c(C)cc(/C=C(\C#N)C(=O)NCCc3ccccc3)c2C)no1. The quantitative estimate of drug-likeness (QED) is 0.527. The van der Waals surface area contributed by atoms with Crippen LogP contribution in [0.5, 0.6) is 0 Å². The van der Waals surface area contributed by atoms with Gasteiger partial charge in [-0.25, -0.2) is 0 Å². The zero-order chi connectivity index (χ0) is 20.1. The fourth-order valence-corrected chi connectivity index (χ4v) is 3.11. The van der Waals surface area contributed by atoms with Crippen LogP contribution in [0.4, 0.5) is 0 Å². The van der Waals surface area contributed by atoms with E-state index in [0.29, 0.717) is 18.8 Å². The molecule has 6 heteroatoms. The largest absolute Gasteiger partial charge is 0.360 e. The summed E-state index contributed by atoms with van der Waals surface area (Å²) in [5, 5.41) is 16.3. The number of nitrogens with one attached hydrogen (secondary N) is 1.